The maximum Gasteiger partial charge on any atom is 0.322 e. The summed E-state index contributed by atoms with van der Waals surface area (Å²) >= 11 is 0. The normalized spacial score (nSPS) is 14.4. The third kappa shape index (κ3) is 4.32. The summed E-state index contributed by atoms with van der Waals surface area (Å²) in [4.78, 5) is 14.9. The molecule has 1 aliphatic carbocycles. The number of aromatic nitrogens is 2. The molecule has 0 bridgehead atoms. The van der Waals surface area contributed by atoms with Crippen LogP contribution in [0.15, 0.2) is 60.7 Å². The maximum absolute atomic E-state index is 13.1. The Bertz CT molecular complexity index is 995. The molecule has 150 valence electrons. The van der Waals surface area contributed by atoms with E-state index in [1.54, 1.807) is 4.90 Å². The largest absolute Gasteiger partial charge is 0.387 e. The Morgan fingerprint density at radius 3 is 2.52 bits per heavy atom. The van der Waals surface area contributed by atoms with Gasteiger partial charge in [0.1, 0.15) is 0 Å². The lowest BCUT2D eigenvalue weighted by Gasteiger charge is -2.26. The number of aliphatic hydroxyl groups excluding tert-OH is 1. The number of hydrogen-bond acceptors (Lipinski definition) is 3. The molecular formula is C23H26N4O2. The lowest BCUT2D eigenvalue weighted by atomic mass is 10.1. The van der Waals surface area contributed by atoms with Crippen molar-refractivity contribution in [3.05, 3.63) is 77.6 Å². The van der Waals surface area contributed by atoms with Crippen molar-refractivity contribution in [2.24, 2.45) is 0 Å². The van der Waals surface area contributed by atoms with Gasteiger partial charge in [-0.2, -0.15) is 5.10 Å². The quantitative estimate of drug-likeness (QED) is 0.662. The van der Waals surface area contributed by atoms with Crippen LogP contribution in [0, 0.1) is 13.8 Å². The van der Waals surface area contributed by atoms with Crippen LogP contribution in [0.2, 0.25) is 0 Å². The molecule has 0 aliphatic heterocycles. The van der Waals surface area contributed by atoms with Gasteiger partial charge in [0.05, 0.1) is 29.7 Å². The Morgan fingerprint density at radius 1 is 1.17 bits per heavy atom. The number of para-hydroxylation sites is 2. The summed E-state index contributed by atoms with van der Waals surface area (Å²) in [7, 11) is 0. The Labute approximate surface area is 170 Å². The van der Waals surface area contributed by atoms with Crippen LogP contribution in [0.3, 0.4) is 0 Å². The minimum atomic E-state index is -0.714. The van der Waals surface area contributed by atoms with E-state index in [0.717, 1.165) is 35.5 Å². The molecule has 1 atom stereocenters. The van der Waals surface area contributed by atoms with E-state index in [0.29, 0.717) is 5.69 Å². The molecule has 1 aromatic heterocycles. The zero-order valence-electron chi connectivity index (χ0n) is 16.7. The van der Waals surface area contributed by atoms with Crippen LogP contribution in [0.1, 0.15) is 35.9 Å². The predicted molar refractivity (Wildman–Crippen MR) is 113 cm³/mol. The summed E-state index contributed by atoms with van der Waals surface area (Å²) < 4.78 is 1.84. The number of rotatable bonds is 6. The van der Waals surface area contributed by atoms with E-state index in [-0.39, 0.29) is 18.6 Å². The predicted octanol–water partition coefficient (Wildman–Crippen LogP) is 4.22. The van der Waals surface area contributed by atoms with Crippen molar-refractivity contribution < 1.29 is 9.90 Å². The molecule has 3 aromatic rings. The lowest BCUT2D eigenvalue weighted by Crippen LogP contribution is -2.39. The topological polar surface area (TPSA) is 70.4 Å². The highest BCUT2D eigenvalue weighted by molar-refractivity contribution is 5.92. The molecule has 4 rings (SSSR count). The molecule has 1 unspecified atom stereocenters. The van der Waals surface area contributed by atoms with E-state index >= 15 is 0 Å². The van der Waals surface area contributed by atoms with Crippen molar-refractivity contribution in [1.82, 2.24) is 14.7 Å². The Hall–Kier alpha value is -3.12. The second-order valence-electron chi connectivity index (χ2n) is 7.60. The van der Waals surface area contributed by atoms with E-state index < -0.39 is 6.10 Å². The number of carbonyl (C=O) groups is 1. The molecule has 6 nitrogen and oxygen atoms in total. The van der Waals surface area contributed by atoms with Crippen molar-refractivity contribution in [3.8, 4) is 5.69 Å². The van der Waals surface area contributed by atoms with Gasteiger partial charge in [-0.1, -0.05) is 42.5 Å². The zero-order valence-corrected chi connectivity index (χ0v) is 16.7. The van der Waals surface area contributed by atoms with Crippen LogP contribution in [0.25, 0.3) is 5.69 Å². The van der Waals surface area contributed by atoms with Gasteiger partial charge in [-0.05, 0) is 50.5 Å². The fourth-order valence-electron chi connectivity index (χ4n) is 3.57. The molecule has 1 fully saturated rings. The summed E-state index contributed by atoms with van der Waals surface area (Å²) in [5, 5.41) is 18.2. The number of amides is 2. The van der Waals surface area contributed by atoms with Crippen molar-refractivity contribution in [2.75, 3.05) is 11.9 Å². The smallest absolute Gasteiger partial charge is 0.322 e. The van der Waals surface area contributed by atoms with E-state index in [2.05, 4.69) is 10.4 Å². The first-order valence-corrected chi connectivity index (χ1v) is 9.96. The molecule has 0 spiro atoms. The number of aliphatic hydroxyl groups is 1. The van der Waals surface area contributed by atoms with Gasteiger partial charge in [0, 0.05) is 11.7 Å². The molecule has 29 heavy (non-hydrogen) atoms. The van der Waals surface area contributed by atoms with Crippen molar-refractivity contribution in [2.45, 2.75) is 38.8 Å². The first-order chi connectivity index (χ1) is 14.0. The summed E-state index contributed by atoms with van der Waals surface area (Å²) in [5.41, 5.74) is 4.26. The summed E-state index contributed by atoms with van der Waals surface area (Å²) in [6.45, 7) is 4.21. The third-order valence-electron chi connectivity index (χ3n) is 5.19. The molecule has 1 saturated carbocycles. The van der Waals surface area contributed by atoms with Crippen LogP contribution in [0.4, 0.5) is 10.5 Å². The number of nitrogens with one attached hydrogen (secondary N) is 1. The number of hydrogen-bond donors (Lipinski definition) is 2. The fourth-order valence-corrected chi connectivity index (χ4v) is 3.57. The number of urea groups is 1. The number of carbonyl (C=O) groups excluding carboxylic acids is 1. The minimum Gasteiger partial charge on any atom is -0.387 e. The number of anilines is 1. The van der Waals surface area contributed by atoms with Gasteiger partial charge in [0.25, 0.3) is 0 Å². The van der Waals surface area contributed by atoms with Crippen LogP contribution < -0.4 is 5.32 Å². The third-order valence-corrected chi connectivity index (χ3v) is 5.19. The van der Waals surface area contributed by atoms with Gasteiger partial charge in [-0.25, -0.2) is 9.48 Å². The first-order valence-electron chi connectivity index (χ1n) is 9.96. The van der Waals surface area contributed by atoms with Crippen molar-refractivity contribution >= 4 is 11.7 Å². The van der Waals surface area contributed by atoms with Crippen LogP contribution >= 0.6 is 0 Å². The van der Waals surface area contributed by atoms with Crippen molar-refractivity contribution in [1.29, 1.82) is 0 Å². The molecular weight excluding hydrogens is 364 g/mol. The minimum absolute atomic E-state index is 0.175. The van der Waals surface area contributed by atoms with E-state index in [4.69, 9.17) is 0 Å². The number of aryl methyl sites for hydroxylation is 2. The Balaban J connectivity index is 1.54. The number of benzene rings is 2. The van der Waals surface area contributed by atoms with Gasteiger partial charge >= 0.3 is 6.03 Å². The lowest BCUT2D eigenvalue weighted by molar-refractivity contribution is 0.123. The maximum atomic E-state index is 13.1. The van der Waals surface area contributed by atoms with Gasteiger partial charge < -0.3 is 15.3 Å². The van der Waals surface area contributed by atoms with Crippen LogP contribution in [-0.4, -0.2) is 38.4 Å². The first kappa shape index (κ1) is 19.2. The van der Waals surface area contributed by atoms with Crippen LogP contribution in [-0.2, 0) is 0 Å². The molecule has 1 aliphatic rings. The average Bonchev–Trinajstić information content (AvgIpc) is 3.50. The van der Waals surface area contributed by atoms with E-state index in [9.17, 15) is 9.90 Å². The average molecular weight is 390 g/mol. The van der Waals surface area contributed by atoms with Gasteiger partial charge in [-0.15, -0.1) is 0 Å². The molecule has 6 heteroatoms. The summed E-state index contributed by atoms with van der Waals surface area (Å²) in [5.74, 6) is 0. The molecule has 1 heterocycles. The number of nitrogens with zero attached hydrogens (tertiary/aromatic N) is 3. The second-order valence-corrected chi connectivity index (χ2v) is 7.60. The highest BCUT2D eigenvalue weighted by Gasteiger charge is 2.34. The molecule has 2 N–H and O–H groups in total. The van der Waals surface area contributed by atoms with Crippen molar-refractivity contribution in [3.63, 3.8) is 0 Å². The molecule has 2 aromatic carbocycles. The SMILES string of the molecule is Cc1cc(C)n(-c2ccccc2NC(=O)N(CC(O)c2ccccc2)C2CC2)n1. The van der Waals surface area contributed by atoms with Gasteiger partial charge in [0.2, 0.25) is 0 Å². The standard InChI is InChI=1S/C23H26N4O2/c1-16-14-17(2)27(25-16)21-11-7-6-10-20(21)24-23(29)26(19-12-13-19)15-22(28)18-8-4-3-5-9-18/h3-11,14,19,22,28H,12-13,15H2,1-2H3,(H,24,29). The zero-order chi connectivity index (χ0) is 20.4. The highest BCUT2D eigenvalue weighted by Crippen LogP contribution is 2.30. The van der Waals surface area contributed by atoms with Gasteiger partial charge in [-0.3, -0.25) is 0 Å². The monoisotopic (exact) mass is 390 g/mol. The second kappa shape index (κ2) is 8.09. The van der Waals surface area contributed by atoms with E-state index in [1.807, 2.05) is 79.2 Å². The summed E-state index contributed by atoms with van der Waals surface area (Å²) in [6.07, 6.45) is 1.22. The summed E-state index contributed by atoms with van der Waals surface area (Å²) in [6, 6.07) is 19.1. The Morgan fingerprint density at radius 2 is 1.86 bits per heavy atom. The van der Waals surface area contributed by atoms with Gasteiger partial charge in [0.15, 0.2) is 0 Å². The fraction of sp³-hybridized carbons (Fsp3) is 0.304. The van der Waals surface area contributed by atoms with Crippen LogP contribution in [0.5, 0.6) is 0 Å². The Kier molecular flexibility index (Phi) is 5.36. The van der Waals surface area contributed by atoms with E-state index in [1.165, 1.54) is 0 Å². The molecule has 0 radical (unpaired) electrons. The molecule has 2 amide bonds. The highest BCUT2D eigenvalue weighted by atomic mass is 16.3. The molecule has 0 saturated heterocycles.